The molecule has 2 heterocycles. The third-order valence-corrected chi connectivity index (χ3v) is 4.87. The number of rotatable bonds is 1. The normalized spacial score (nSPS) is 37.1. The maximum atomic E-state index is 12.5. The minimum atomic E-state index is -0.134. The van der Waals surface area contributed by atoms with E-state index >= 15 is 0 Å². The van der Waals surface area contributed by atoms with E-state index in [9.17, 15) is 9.59 Å². The van der Waals surface area contributed by atoms with Crippen LogP contribution in [0.4, 0.5) is 0 Å². The molecule has 100 valence electrons. The van der Waals surface area contributed by atoms with E-state index in [1.807, 2.05) is 4.90 Å². The second-order valence-corrected chi connectivity index (χ2v) is 6.12. The molecule has 0 radical (unpaired) electrons. The Bertz CT molecular complexity index is 361. The zero-order valence-corrected chi connectivity index (χ0v) is 11.1. The van der Waals surface area contributed by atoms with Crippen molar-refractivity contribution < 1.29 is 9.59 Å². The van der Waals surface area contributed by atoms with Gasteiger partial charge < -0.3 is 9.80 Å². The fraction of sp³-hybridized carbons (Fsp3) is 0.857. The monoisotopic (exact) mass is 250 g/mol. The molecular formula is C14H22N2O2. The summed E-state index contributed by atoms with van der Waals surface area (Å²) in [6, 6.07) is 0.186. The number of fused-ring (bicyclic) bond motifs is 1. The highest BCUT2D eigenvalue weighted by Crippen LogP contribution is 2.31. The van der Waals surface area contributed by atoms with Gasteiger partial charge in [0.25, 0.3) is 0 Å². The predicted octanol–water partition coefficient (Wildman–Crippen LogP) is 1.40. The van der Waals surface area contributed by atoms with E-state index in [-0.39, 0.29) is 17.9 Å². The molecule has 4 nitrogen and oxygen atoms in total. The SMILES string of the molecule is CC1CCC(N2CC(=O)N3CCCC3C2=O)CC1. The lowest BCUT2D eigenvalue weighted by Crippen LogP contribution is -2.60. The first kappa shape index (κ1) is 12.0. The van der Waals surface area contributed by atoms with Crippen LogP contribution in [0.25, 0.3) is 0 Å². The smallest absolute Gasteiger partial charge is 0.246 e. The van der Waals surface area contributed by atoms with Crippen LogP contribution in [-0.4, -0.2) is 46.8 Å². The maximum absolute atomic E-state index is 12.5. The number of carbonyl (C=O) groups excluding carboxylic acids is 2. The van der Waals surface area contributed by atoms with E-state index in [2.05, 4.69) is 6.92 Å². The quantitative estimate of drug-likeness (QED) is 0.706. The molecular weight excluding hydrogens is 228 g/mol. The van der Waals surface area contributed by atoms with Crippen LogP contribution in [0.3, 0.4) is 0 Å². The molecule has 2 aliphatic heterocycles. The van der Waals surface area contributed by atoms with E-state index in [0.717, 1.165) is 38.1 Å². The first-order valence-corrected chi connectivity index (χ1v) is 7.27. The van der Waals surface area contributed by atoms with Gasteiger partial charge in [-0.05, 0) is 44.4 Å². The summed E-state index contributed by atoms with van der Waals surface area (Å²) in [7, 11) is 0. The van der Waals surface area contributed by atoms with Gasteiger partial charge in [0.2, 0.25) is 11.8 Å². The van der Waals surface area contributed by atoms with Crippen molar-refractivity contribution in [3.8, 4) is 0 Å². The van der Waals surface area contributed by atoms with Crippen molar-refractivity contribution in [3.05, 3.63) is 0 Å². The first-order chi connectivity index (χ1) is 8.66. The van der Waals surface area contributed by atoms with Gasteiger partial charge in [-0.3, -0.25) is 9.59 Å². The Kier molecular flexibility index (Phi) is 3.04. The minimum Gasteiger partial charge on any atom is -0.329 e. The number of nitrogens with zero attached hydrogens (tertiary/aromatic N) is 2. The molecule has 2 amide bonds. The fourth-order valence-electron chi connectivity index (χ4n) is 3.69. The lowest BCUT2D eigenvalue weighted by Gasteiger charge is -2.42. The maximum Gasteiger partial charge on any atom is 0.246 e. The Balaban J connectivity index is 1.72. The molecule has 1 atom stereocenters. The van der Waals surface area contributed by atoms with E-state index in [1.165, 1.54) is 12.8 Å². The summed E-state index contributed by atoms with van der Waals surface area (Å²) in [6.07, 6.45) is 6.38. The number of piperazine rings is 1. The third-order valence-electron chi connectivity index (χ3n) is 4.87. The fourth-order valence-corrected chi connectivity index (χ4v) is 3.69. The van der Waals surface area contributed by atoms with E-state index in [1.54, 1.807) is 4.90 Å². The van der Waals surface area contributed by atoms with Crippen molar-refractivity contribution in [1.82, 2.24) is 9.80 Å². The number of hydrogen-bond acceptors (Lipinski definition) is 2. The lowest BCUT2D eigenvalue weighted by atomic mass is 9.86. The van der Waals surface area contributed by atoms with Gasteiger partial charge in [0.1, 0.15) is 12.6 Å². The van der Waals surface area contributed by atoms with Crippen LogP contribution in [0.2, 0.25) is 0 Å². The molecule has 3 aliphatic rings. The molecule has 0 aromatic rings. The molecule has 0 bridgehead atoms. The van der Waals surface area contributed by atoms with Crippen LogP contribution in [0, 0.1) is 5.92 Å². The standard InChI is InChI=1S/C14H22N2O2/c1-10-4-6-11(7-5-10)16-9-13(17)15-8-2-3-12(15)14(16)18/h10-12H,2-9H2,1H3. The zero-order chi connectivity index (χ0) is 12.7. The molecule has 18 heavy (non-hydrogen) atoms. The van der Waals surface area contributed by atoms with Gasteiger partial charge in [-0.2, -0.15) is 0 Å². The van der Waals surface area contributed by atoms with Crippen molar-refractivity contribution in [3.63, 3.8) is 0 Å². The van der Waals surface area contributed by atoms with Crippen molar-refractivity contribution >= 4 is 11.8 Å². The molecule has 2 saturated heterocycles. The molecule has 0 spiro atoms. The van der Waals surface area contributed by atoms with Crippen LogP contribution in [0.5, 0.6) is 0 Å². The van der Waals surface area contributed by atoms with Crippen LogP contribution in [0.15, 0.2) is 0 Å². The first-order valence-electron chi connectivity index (χ1n) is 7.27. The van der Waals surface area contributed by atoms with Crippen LogP contribution >= 0.6 is 0 Å². The van der Waals surface area contributed by atoms with Gasteiger partial charge >= 0.3 is 0 Å². The Morgan fingerprint density at radius 2 is 1.72 bits per heavy atom. The van der Waals surface area contributed by atoms with Gasteiger partial charge in [-0.1, -0.05) is 6.92 Å². The molecule has 1 unspecified atom stereocenters. The van der Waals surface area contributed by atoms with Crippen molar-refractivity contribution in [2.75, 3.05) is 13.1 Å². The van der Waals surface area contributed by atoms with Crippen LogP contribution in [0.1, 0.15) is 45.4 Å². The third kappa shape index (κ3) is 1.91. The van der Waals surface area contributed by atoms with Crippen molar-refractivity contribution in [2.24, 2.45) is 5.92 Å². The van der Waals surface area contributed by atoms with Crippen LogP contribution < -0.4 is 0 Å². The number of carbonyl (C=O) groups is 2. The summed E-state index contributed by atoms with van der Waals surface area (Å²) in [5, 5.41) is 0. The second-order valence-electron chi connectivity index (χ2n) is 6.12. The van der Waals surface area contributed by atoms with Gasteiger partial charge in [-0.25, -0.2) is 0 Å². The Hall–Kier alpha value is -1.06. The summed E-state index contributed by atoms with van der Waals surface area (Å²) in [5.41, 5.74) is 0. The van der Waals surface area contributed by atoms with Gasteiger partial charge in [0, 0.05) is 12.6 Å². The average molecular weight is 250 g/mol. The molecule has 0 aromatic carbocycles. The molecule has 1 aliphatic carbocycles. The summed E-state index contributed by atoms with van der Waals surface area (Å²) >= 11 is 0. The second kappa shape index (κ2) is 4.56. The Labute approximate surface area is 108 Å². The Morgan fingerprint density at radius 3 is 2.44 bits per heavy atom. The van der Waals surface area contributed by atoms with Gasteiger partial charge in [0.05, 0.1) is 0 Å². The highest BCUT2D eigenvalue weighted by molar-refractivity contribution is 5.95. The lowest BCUT2D eigenvalue weighted by molar-refractivity contribution is -0.156. The summed E-state index contributed by atoms with van der Waals surface area (Å²) in [5.74, 6) is 1.15. The molecule has 1 saturated carbocycles. The molecule has 4 heteroatoms. The Morgan fingerprint density at radius 1 is 1.00 bits per heavy atom. The summed E-state index contributed by atoms with van der Waals surface area (Å²) in [6.45, 7) is 3.39. The zero-order valence-electron chi connectivity index (χ0n) is 11.1. The van der Waals surface area contributed by atoms with Gasteiger partial charge in [0.15, 0.2) is 0 Å². The molecule has 3 rings (SSSR count). The molecule has 0 N–H and O–H groups in total. The van der Waals surface area contributed by atoms with E-state index < -0.39 is 0 Å². The average Bonchev–Trinajstić information content (AvgIpc) is 2.85. The van der Waals surface area contributed by atoms with Gasteiger partial charge in [-0.15, -0.1) is 0 Å². The largest absolute Gasteiger partial charge is 0.329 e. The van der Waals surface area contributed by atoms with E-state index in [0.29, 0.717) is 12.6 Å². The number of amides is 2. The van der Waals surface area contributed by atoms with Crippen molar-refractivity contribution in [2.45, 2.75) is 57.5 Å². The highest BCUT2D eigenvalue weighted by Gasteiger charge is 2.44. The topological polar surface area (TPSA) is 40.6 Å². The van der Waals surface area contributed by atoms with E-state index in [4.69, 9.17) is 0 Å². The summed E-state index contributed by atoms with van der Waals surface area (Å²) < 4.78 is 0. The molecule has 3 fully saturated rings. The predicted molar refractivity (Wildman–Crippen MR) is 67.9 cm³/mol. The number of hydrogen-bond donors (Lipinski definition) is 0. The highest BCUT2D eigenvalue weighted by atomic mass is 16.2. The van der Waals surface area contributed by atoms with Crippen molar-refractivity contribution in [1.29, 1.82) is 0 Å². The molecule has 0 aromatic heterocycles. The minimum absolute atomic E-state index is 0.134. The van der Waals surface area contributed by atoms with Crippen LogP contribution in [-0.2, 0) is 9.59 Å². The summed E-state index contributed by atoms with van der Waals surface area (Å²) in [4.78, 5) is 28.2.